The van der Waals surface area contributed by atoms with Gasteiger partial charge < -0.3 is 15.3 Å². The van der Waals surface area contributed by atoms with Crippen molar-refractivity contribution in [2.45, 2.75) is 31.4 Å². The van der Waals surface area contributed by atoms with Gasteiger partial charge in [0.1, 0.15) is 11.6 Å². The molecule has 3 rings (SSSR count). The third-order valence-corrected chi connectivity index (χ3v) is 4.87. The first-order chi connectivity index (χ1) is 11.8. The lowest BCUT2D eigenvalue weighted by Gasteiger charge is -2.35. The fraction of sp³-hybridized carbons (Fsp3) is 0.400. The number of likely N-dealkylation sites (N-methyl/N-ethyl adjacent to an activating group) is 1. The summed E-state index contributed by atoms with van der Waals surface area (Å²) in [5.74, 6) is -0.608. The van der Waals surface area contributed by atoms with E-state index in [9.17, 15) is 13.9 Å². The zero-order valence-corrected chi connectivity index (χ0v) is 16.0. The maximum absolute atomic E-state index is 13.8. The summed E-state index contributed by atoms with van der Waals surface area (Å²) in [6.07, 6.45) is -0.737. The van der Waals surface area contributed by atoms with Crippen LogP contribution in [0.4, 0.5) is 14.5 Å². The van der Waals surface area contributed by atoms with Gasteiger partial charge in [0.25, 0.3) is 0 Å². The Morgan fingerprint density at radius 1 is 1.15 bits per heavy atom. The molecule has 6 heteroatoms. The zero-order valence-electron chi connectivity index (χ0n) is 15.2. The van der Waals surface area contributed by atoms with Gasteiger partial charge in [0.15, 0.2) is 0 Å². The molecule has 2 aromatic rings. The molecule has 0 saturated carbocycles. The molecule has 2 aromatic carbocycles. The first-order valence-electron chi connectivity index (χ1n) is 8.48. The molecule has 0 unspecified atom stereocenters. The van der Waals surface area contributed by atoms with Gasteiger partial charge in [-0.15, -0.1) is 12.4 Å². The zero-order chi connectivity index (χ0) is 18.2. The number of fused-ring (bicyclic) bond motifs is 1. The summed E-state index contributed by atoms with van der Waals surface area (Å²) in [6.45, 7) is 5.10. The highest BCUT2D eigenvalue weighted by molar-refractivity contribution is 5.85. The molecule has 0 aromatic heterocycles. The maximum atomic E-state index is 13.8. The minimum absolute atomic E-state index is 0. The average Bonchev–Trinajstić information content (AvgIpc) is 2.79. The van der Waals surface area contributed by atoms with E-state index in [1.807, 2.05) is 6.07 Å². The summed E-state index contributed by atoms with van der Waals surface area (Å²) >= 11 is 0. The molecule has 0 saturated heterocycles. The largest absolute Gasteiger partial charge is 0.389 e. The van der Waals surface area contributed by atoms with Crippen molar-refractivity contribution >= 4 is 18.1 Å². The smallest absolute Gasteiger partial charge is 0.123 e. The molecular formula is C20H25ClF2N2O. The number of hydrogen-bond donors (Lipinski definition) is 2. The lowest BCUT2D eigenvalue weighted by molar-refractivity contribution is 0.140. The Hall–Kier alpha value is -1.69. The molecular weight excluding hydrogens is 358 g/mol. The van der Waals surface area contributed by atoms with Gasteiger partial charge in [-0.25, -0.2) is 8.78 Å². The Labute approximate surface area is 159 Å². The molecule has 1 heterocycles. The average molecular weight is 383 g/mol. The molecule has 3 nitrogen and oxygen atoms in total. The van der Waals surface area contributed by atoms with Gasteiger partial charge in [0, 0.05) is 24.2 Å². The van der Waals surface area contributed by atoms with Crippen LogP contribution in [0.1, 0.15) is 31.0 Å². The predicted molar refractivity (Wildman–Crippen MR) is 103 cm³/mol. The van der Waals surface area contributed by atoms with E-state index in [0.717, 1.165) is 11.3 Å². The summed E-state index contributed by atoms with van der Waals surface area (Å²) in [4.78, 5) is 2.06. The number of benzene rings is 2. The van der Waals surface area contributed by atoms with Crippen molar-refractivity contribution in [2.75, 3.05) is 25.0 Å². The van der Waals surface area contributed by atoms with Crippen LogP contribution in [0, 0.1) is 11.6 Å². The molecule has 0 spiro atoms. The highest BCUT2D eigenvalue weighted by Gasteiger charge is 2.41. The fourth-order valence-corrected chi connectivity index (χ4v) is 3.77. The van der Waals surface area contributed by atoms with Gasteiger partial charge >= 0.3 is 0 Å². The molecule has 1 aliphatic rings. The van der Waals surface area contributed by atoms with Crippen molar-refractivity contribution in [1.82, 2.24) is 5.32 Å². The number of nitrogens with zero attached hydrogens (tertiary/aromatic N) is 1. The Kier molecular flexibility index (Phi) is 6.27. The molecule has 0 amide bonds. The molecule has 2 N–H and O–H groups in total. The fourth-order valence-electron chi connectivity index (χ4n) is 3.77. The SMILES string of the molecule is CNC[C@@H](O)[C@H](c1cccc(F)c1)N1CC(C)(C)c2cc(F)ccc21.Cl. The van der Waals surface area contributed by atoms with Crippen molar-refractivity contribution in [3.05, 3.63) is 65.2 Å². The van der Waals surface area contributed by atoms with Gasteiger partial charge in [-0.05, 0) is 48.5 Å². The van der Waals surface area contributed by atoms with Crippen LogP contribution in [0.5, 0.6) is 0 Å². The van der Waals surface area contributed by atoms with E-state index in [-0.39, 0.29) is 29.5 Å². The van der Waals surface area contributed by atoms with Gasteiger partial charge in [-0.3, -0.25) is 0 Å². The molecule has 26 heavy (non-hydrogen) atoms. The van der Waals surface area contributed by atoms with Crippen LogP contribution in [-0.4, -0.2) is 31.3 Å². The minimum atomic E-state index is -0.737. The summed E-state index contributed by atoms with van der Waals surface area (Å²) in [7, 11) is 1.77. The van der Waals surface area contributed by atoms with E-state index in [4.69, 9.17) is 0 Å². The first-order valence-corrected chi connectivity index (χ1v) is 8.48. The number of anilines is 1. The number of halogens is 3. The number of rotatable bonds is 5. The lowest BCUT2D eigenvalue weighted by Crippen LogP contribution is -2.42. The molecule has 142 valence electrons. The topological polar surface area (TPSA) is 35.5 Å². The second-order valence-corrected chi connectivity index (χ2v) is 7.30. The van der Waals surface area contributed by atoms with Crippen LogP contribution < -0.4 is 10.2 Å². The number of aliphatic hydroxyl groups excluding tert-OH is 1. The minimum Gasteiger partial charge on any atom is -0.389 e. The lowest BCUT2D eigenvalue weighted by atomic mass is 9.87. The van der Waals surface area contributed by atoms with Crippen molar-refractivity contribution in [1.29, 1.82) is 0 Å². The first kappa shape index (κ1) is 20.6. The van der Waals surface area contributed by atoms with Gasteiger partial charge in [0.05, 0.1) is 12.1 Å². The standard InChI is InChI=1S/C20H24F2N2O.ClH/c1-20(2)12-24(17-8-7-15(22)10-16(17)20)19(18(25)11-23-3)13-5-4-6-14(21)9-13;/h4-10,18-19,23,25H,11-12H2,1-3H3;1H/t18-,19+;/m1./s1. The van der Waals surface area contributed by atoms with Crippen molar-refractivity contribution in [3.63, 3.8) is 0 Å². The third-order valence-electron chi connectivity index (χ3n) is 4.87. The molecule has 0 aliphatic carbocycles. The van der Waals surface area contributed by atoms with E-state index < -0.39 is 12.1 Å². The quantitative estimate of drug-likeness (QED) is 0.825. The Morgan fingerprint density at radius 3 is 2.50 bits per heavy atom. The van der Waals surface area contributed by atoms with E-state index in [1.54, 1.807) is 25.2 Å². The number of nitrogens with one attached hydrogen (secondary N) is 1. The maximum Gasteiger partial charge on any atom is 0.123 e. The van der Waals surface area contributed by atoms with Crippen LogP contribution >= 0.6 is 12.4 Å². The van der Waals surface area contributed by atoms with Crippen LogP contribution in [0.25, 0.3) is 0 Å². The molecule has 1 aliphatic heterocycles. The monoisotopic (exact) mass is 382 g/mol. The van der Waals surface area contributed by atoms with E-state index in [1.165, 1.54) is 18.2 Å². The summed E-state index contributed by atoms with van der Waals surface area (Å²) in [5.41, 5.74) is 2.24. The summed E-state index contributed by atoms with van der Waals surface area (Å²) in [5, 5.41) is 13.7. The Bertz CT molecular complexity index is 769. The van der Waals surface area contributed by atoms with Gasteiger partial charge in [-0.1, -0.05) is 26.0 Å². The molecule has 0 bridgehead atoms. The van der Waals surface area contributed by atoms with E-state index in [2.05, 4.69) is 24.1 Å². The van der Waals surface area contributed by atoms with Crippen LogP contribution in [0.3, 0.4) is 0 Å². The van der Waals surface area contributed by atoms with Crippen LogP contribution in [0.2, 0.25) is 0 Å². The number of hydrogen-bond acceptors (Lipinski definition) is 3. The highest BCUT2D eigenvalue weighted by atomic mass is 35.5. The van der Waals surface area contributed by atoms with E-state index >= 15 is 0 Å². The normalized spacial score (nSPS) is 17.4. The van der Waals surface area contributed by atoms with Crippen LogP contribution in [-0.2, 0) is 5.41 Å². The van der Waals surface area contributed by atoms with Gasteiger partial charge in [-0.2, -0.15) is 0 Å². The Morgan fingerprint density at radius 2 is 1.85 bits per heavy atom. The third kappa shape index (κ3) is 3.85. The summed E-state index contributed by atoms with van der Waals surface area (Å²) < 4.78 is 27.6. The van der Waals surface area contributed by atoms with Gasteiger partial charge in [0.2, 0.25) is 0 Å². The highest BCUT2D eigenvalue weighted by Crippen LogP contribution is 2.45. The van der Waals surface area contributed by atoms with Crippen molar-refractivity contribution in [2.24, 2.45) is 0 Å². The van der Waals surface area contributed by atoms with E-state index in [0.29, 0.717) is 18.7 Å². The van der Waals surface area contributed by atoms with Crippen molar-refractivity contribution < 1.29 is 13.9 Å². The van der Waals surface area contributed by atoms with Crippen molar-refractivity contribution in [3.8, 4) is 0 Å². The molecule has 0 fully saturated rings. The Balaban J connectivity index is 0.00000243. The second-order valence-electron chi connectivity index (χ2n) is 7.30. The van der Waals surface area contributed by atoms with Crippen LogP contribution in [0.15, 0.2) is 42.5 Å². The molecule has 2 atom stereocenters. The second kappa shape index (κ2) is 7.91. The molecule has 0 radical (unpaired) electrons. The predicted octanol–water partition coefficient (Wildman–Crippen LogP) is 3.81. The number of aliphatic hydroxyl groups is 1. The summed E-state index contributed by atoms with van der Waals surface area (Å²) in [6, 6.07) is 10.6.